The topological polar surface area (TPSA) is 75.9 Å². The minimum absolute atomic E-state index is 0.297. The second kappa shape index (κ2) is 5.00. The maximum Gasteiger partial charge on any atom is 0.223 e. The Morgan fingerprint density at radius 3 is 2.65 bits per heavy atom. The van der Waals surface area contributed by atoms with Crippen LogP contribution in [0.4, 0.5) is 17.6 Å². The number of hydrogen-bond donors (Lipinski definition) is 3. The Bertz CT molecular complexity index is 386. The van der Waals surface area contributed by atoms with Gasteiger partial charge in [0.15, 0.2) is 0 Å². The van der Waals surface area contributed by atoms with E-state index in [0.29, 0.717) is 10.7 Å². The Labute approximate surface area is 106 Å². The molecule has 1 aromatic heterocycles. The molecule has 4 N–H and O–H groups in total. The van der Waals surface area contributed by atoms with Gasteiger partial charge in [0.05, 0.1) is 0 Å². The predicted molar refractivity (Wildman–Crippen MR) is 74.6 cm³/mol. The van der Waals surface area contributed by atoms with Crippen LogP contribution in [0.15, 0.2) is 6.07 Å². The lowest BCUT2D eigenvalue weighted by atomic mass is 9.84. The molecule has 1 fully saturated rings. The molecule has 6 heteroatoms. The Morgan fingerprint density at radius 1 is 1.41 bits per heavy atom. The van der Waals surface area contributed by atoms with Gasteiger partial charge in [-0.1, -0.05) is 6.42 Å². The van der Waals surface area contributed by atoms with Crippen molar-refractivity contribution in [3.63, 3.8) is 0 Å². The average Bonchev–Trinajstić information content (AvgIpc) is 2.27. The van der Waals surface area contributed by atoms with E-state index in [4.69, 9.17) is 5.73 Å². The molecule has 1 heterocycles. The number of anilines is 3. The maximum atomic E-state index is 5.65. The first-order chi connectivity index (χ1) is 8.17. The SMILES string of the molecule is CNc1cc(NCC2(SC)CCC2)nc(N)n1. The first-order valence-electron chi connectivity index (χ1n) is 5.79. The normalized spacial score (nSPS) is 17.3. The molecule has 17 heavy (non-hydrogen) atoms. The first kappa shape index (κ1) is 12.3. The van der Waals surface area contributed by atoms with Crippen molar-refractivity contribution in [2.75, 3.05) is 36.2 Å². The highest BCUT2D eigenvalue weighted by atomic mass is 32.2. The number of hydrogen-bond acceptors (Lipinski definition) is 6. The number of nitrogens with one attached hydrogen (secondary N) is 2. The second-order valence-corrected chi connectivity index (χ2v) is 5.62. The van der Waals surface area contributed by atoms with Gasteiger partial charge in [-0.15, -0.1) is 0 Å². The van der Waals surface area contributed by atoms with Crippen molar-refractivity contribution in [1.82, 2.24) is 9.97 Å². The molecule has 5 nitrogen and oxygen atoms in total. The quantitative estimate of drug-likeness (QED) is 0.743. The van der Waals surface area contributed by atoms with Crippen LogP contribution < -0.4 is 16.4 Å². The summed E-state index contributed by atoms with van der Waals surface area (Å²) in [6.45, 7) is 0.938. The third-order valence-electron chi connectivity index (χ3n) is 3.29. The van der Waals surface area contributed by atoms with E-state index in [1.54, 1.807) is 0 Å². The summed E-state index contributed by atoms with van der Waals surface area (Å²) < 4.78 is 0.388. The zero-order valence-electron chi connectivity index (χ0n) is 10.3. The molecule has 0 aliphatic heterocycles. The van der Waals surface area contributed by atoms with E-state index in [2.05, 4.69) is 26.9 Å². The van der Waals surface area contributed by atoms with Gasteiger partial charge in [0.2, 0.25) is 5.95 Å². The van der Waals surface area contributed by atoms with E-state index >= 15 is 0 Å². The van der Waals surface area contributed by atoms with Crippen molar-refractivity contribution in [3.05, 3.63) is 6.07 Å². The Balaban J connectivity index is 2.01. The molecule has 0 spiro atoms. The summed E-state index contributed by atoms with van der Waals surface area (Å²) in [5.41, 5.74) is 5.65. The fourth-order valence-corrected chi connectivity index (χ4v) is 2.87. The van der Waals surface area contributed by atoms with Gasteiger partial charge in [-0.2, -0.15) is 21.7 Å². The van der Waals surface area contributed by atoms with Gasteiger partial charge in [-0.05, 0) is 19.1 Å². The third-order valence-corrected chi connectivity index (χ3v) is 4.71. The summed E-state index contributed by atoms with van der Waals surface area (Å²) in [4.78, 5) is 8.25. The predicted octanol–water partition coefficient (Wildman–Crippen LogP) is 1.80. The first-order valence-corrected chi connectivity index (χ1v) is 7.01. The minimum atomic E-state index is 0.297. The number of thioether (sulfide) groups is 1. The molecular formula is C11H19N5S. The van der Waals surface area contributed by atoms with E-state index in [1.165, 1.54) is 19.3 Å². The van der Waals surface area contributed by atoms with Crippen LogP contribution in [0.25, 0.3) is 0 Å². The zero-order valence-corrected chi connectivity index (χ0v) is 11.1. The highest BCUT2D eigenvalue weighted by Gasteiger charge is 2.35. The van der Waals surface area contributed by atoms with Crippen molar-refractivity contribution in [3.8, 4) is 0 Å². The molecule has 0 bridgehead atoms. The van der Waals surface area contributed by atoms with E-state index in [-0.39, 0.29) is 0 Å². The molecule has 1 saturated carbocycles. The number of nitrogens with zero attached hydrogens (tertiary/aromatic N) is 2. The third kappa shape index (κ3) is 2.74. The maximum absolute atomic E-state index is 5.65. The molecule has 0 aromatic carbocycles. The van der Waals surface area contributed by atoms with Gasteiger partial charge < -0.3 is 16.4 Å². The van der Waals surface area contributed by atoms with Crippen LogP contribution in [-0.2, 0) is 0 Å². The fourth-order valence-electron chi connectivity index (χ4n) is 1.96. The van der Waals surface area contributed by atoms with Crippen molar-refractivity contribution < 1.29 is 0 Å². The van der Waals surface area contributed by atoms with Crippen LogP contribution in [0.5, 0.6) is 0 Å². The lowest BCUT2D eigenvalue weighted by Crippen LogP contribution is -2.40. The molecule has 0 saturated heterocycles. The highest BCUT2D eigenvalue weighted by Crippen LogP contribution is 2.42. The Hall–Kier alpha value is -1.17. The van der Waals surface area contributed by atoms with Gasteiger partial charge in [-0.3, -0.25) is 0 Å². The standard InChI is InChI=1S/C11H19N5S/c1-13-8-6-9(16-10(12)15-8)14-7-11(17-2)4-3-5-11/h6H,3-5,7H2,1-2H3,(H4,12,13,14,15,16). The van der Waals surface area contributed by atoms with Crippen molar-refractivity contribution >= 4 is 29.3 Å². The second-order valence-electron chi connectivity index (χ2n) is 4.34. The van der Waals surface area contributed by atoms with Crippen molar-refractivity contribution in [2.45, 2.75) is 24.0 Å². The van der Waals surface area contributed by atoms with Gasteiger partial charge in [-0.25, -0.2) is 0 Å². The summed E-state index contributed by atoms with van der Waals surface area (Å²) in [6.07, 6.45) is 6.06. The molecule has 1 aliphatic rings. The summed E-state index contributed by atoms with van der Waals surface area (Å²) in [5, 5.41) is 6.33. The number of nitrogens with two attached hydrogens (primary N) is 1. The highest BCUT2D eigenvalue weighted by molar-refractivity contribution is 8.00. The summed E-state index contributed by atoms with van der Waals surface area (Å²) in [5.74, 6) is 1.83. The van der Waals surface area contributed by atoms with Crippen LogP contribution in [-0.4, -0.2) is 34.6 Å². The van der Waals surface area contributed by atoms with Gasteiger partial charge >= 0.3 is 0 Å². The zero-order chi connectivity index (χ0) is 12.3. The summed E-state index contributed by atoms with van der Waals surface area (Å²) in [7, 11) is 1.82. The number of rotatable bonds is 5. The van der Waals surface area contributed by atoms with Crippen molar-refractivity contribution in [1.29, 1.82) is 0 Å². The monoisotopic (exact) mass is 253 g/mol. The molecule has 1 aromatic rings. The lowest BCUT2D eigenvalue weighted by molar-refractivity contribution is 0.379. The largest absolute Gasteiger partial charge is 0.373 e. The van der Waals surface area contributed by atoms with Crippen LogP contribution >= 0.6 is 11.8 Å². The van der Waals surface area contributed by atoms with Gasteiger partial charge in [0.1, 0.15) is 11.6 Å². The van der Waals surface area contributed by atoms with Crippen LogP contribution in [0.2, 0.25) is 0 Å². The van der Waals surface area contributed by atoms with Crippen LogP contribution in [0.1, 0.15) is 19.3 Å². The number of nitrogen functional groups attached to an aromatic ring is 1. The molecule has 2 rings (SSSR count). The summed E-state index contributed by atoms with van der Waals surface area (Å²) in [6, 6.07) is 1.88. The molecule has 0 unspecified atom stereocenters. The lowest BCUT2D eigenvalue weighted by Gasteiger charge is -2.40. The number of aromatic nitrogens is 2. The molecule has 94 valence electrons. The smallest absolute Gasteiger partial charge is 0.223 e. The van der Waals surface area contributed by atoms with E-state index in [0.717, 1.165) is 18.2 Å². The average molecular weight is 253 g/mol. The molecular weight excluding hydrogens is 234 g/mol. The van der Waals surface area contributed by atoms with E-state index in [9.17, 15) is 0 Å². The van der Waals surface area contributed by atoms with E-state index in [1.807, 2.05) is 24.9 Å². The van der Waals surface area contributed by atoms with Gasteiger partial charge in [0.25, 0.3) is 0 Å². The Kier molecular flexibility index (Phi) is 3.61. The molecule has 0 radical (unpaired) electrons. The van der Waals surface area contributed by atoms with E-state index < -0.39 is 0 Å². The minimum Gasteiger partial charge on any atom is -0.373 e. The Morgan fingerprint density at radius 2 is 2.12 bits per heavy atom. The van der Waals surface area contributed by atoms with Crippen LogP contribution in [0, 0.1) is 0 Å². The molecule has 0 amide bonds. The summed E-state index contributed by atoms with van der Waals surface area (Å²) >= 11 is 1.94. The molecule has 0 atom stereocenters. The fraction of sp³-hybridized carbons (Fsp3) is 0.636. The van der Waals surface area contributed by atoms with Crippen LogP contribution in [0.3, 0.4) is 0 Å². The molecule has 1 aliphatic carbocycles. The van der Waals surface area contributed by atoms with Crippen molar-refractivity contribution in [2.24, 2.45) is 0 Å². The van der Waals surface area contributed by atoms with Gasteiger partial charge in [0, 0.05) is 24.4 Å².